The first-order valence-electron chi connectivity index (χ1n) is 9.37. The number of amides is 1. The van der Waals surface area contributed by atoms with Crippen LogP contribution in [0.5, 0.6) is 0 Å². The molecule has 0 bridgehead atoms. The van der Waals surface area contributed by atoms with Gasteiger partial charge in [0.15, 0.2) is 0 Å². The van der Waals surface area contributed by atoms with Crippen molar-refractivity contribution in [3.63, 3.8) is 0 Å². The fraction of sp³-hybridized carbons (Fsp3) is 0.500. The highest BCUT2D eigenvalue weighted by atomic mass is 16.2. The van der Waals surface area contributed by atoms with Gasteiger partial charge in [-0.1, -0.05) is 18.2 Å². The molecular formula is C20H24N4O. The smallest absolute Gasteiger partial charge is 0.241 e. The summed E-state index contributed by atoms with van der Waals surface area (Å²) >= 11 is 0. The predicted molar refractivity (Wildman–Crippen MR) is 96.6 cm³/mol. The molecule has 3 aliphatic rings. The van der Waals surface area contributed by atoms with Gasteiger partial charge in [-0.15, -0.1) is 0 Å². The second-order valence-electron chi connectivity index (χ2n) is 7.68. The zero-order chi connectivity index (χ0) is 17.0. The Morgan fingerprint density at radius 3 is 2.96 bits per heavy atom. The Labute approximate surface area is 148 Å². The maximum atomic E-state index is 13.0. The fourth-order valence-corrected chi connectivity index (χ4v) is 4.40. The average Bonchev–Trinajstić information content (AvgIpc) is 3.26. The molecule has 25 heavy (non-hydrogen) atoms. The lowest BCUT2D eigenvalue weighted by Crippen LogP contribution is -2.44. The van der Waals surface area contributed by atoms with E-state index in [1.807, 2.05) is 17.3 Å². The molecule has 1 fully saturated rings. The van der Waals surface area contributed by atoms with E-state index in [9.17, 15) is 4.79 Å². The van der Waals surface area contributed by atoms with E-state index in [1.165, 1.54) is 29.8 Å². The zero-order valence-corrected chi connectivity index (χ0v) is 14.7. The molecule has 1 aliphatic carbocycles. The van der Waals surface area contributed by atoms with Crippen LogP contribution in [-0.2, 0) is 24.2 Å². The normalized spacial score (nSPS) is 22.8. The van der Waals surface area contributed by atoms with Crippen LogP contribution in [0.25, 0.3) is 0 Å². The summed E-state index contributed by atoms with van der Waals surface area (Å²) in [5, 5.41) is 0. The van der Waals surface area contributed by atoms with Crippen molar-refractivity contribution in [3.05, 3.63) is 47.5 Å². The lowest BCUT2D eigenvalue weighted by atomic mass is 10.1. The van der Waals surface area contributed by atoms with E-state index in [4.69, 9.17) is 0 Å². The number of fused-ring (bicyclic) bond motifs is 2. The number of hydrogen-bond donors (Lipinski definition) is 0. The van der Waals surface area contributed by atoms with Gasteiger partial charge in [-0.3, -0.25) is 9.69 Å². The molecule has 5 heteroatoms. The highest BCUT2D eigenvalue weighted by molar-refractivity contribution is 5.97. The van der Waals surface area contributed by atoms with Gasteiger partial charge in [-0.2, -0.15) is 0 Å². The van der Waals surface area contributed by atoms with E-state index in [0.29, 0.717) is 12.6 Å². The van der Waals surface area contributed by atoms with Gasteiger partial charge in [0.1, 0.15) is 0 Å². The topological polar surface area (TPSA) is 41.4 Å². The first kappa shape index (κ1) is 15.1. The minimum absolute atomic E-state index is 0.211. The van der Waals surface area contributed by atoms with Gasteiger partial charge in [0, 0.05) is 43.0 Å². The first-order chi connectivity index (χ1) is 12.2. The van der Waals surface area contributed by atoms with E-state index in [2.05, 4.69) is 39.6 Å². The van der Waals surface area contributed by atoms with E-state index < -0.39 is 0 Å². The number of anilines is 1. The Morgan fingerprint density at radius 1 is 1.28 bits per heavy atom. The second kappa shape index (κ2) is 5.70. The molecule has 1 saturated carbocycles. The first-order valence-corrected chi connectivity index (χ1v) is 9.37. The molecule has 5 rings (SSSR count). The number of nitrogens with zero attached hydrogens (tertiary/aromatic N) is 4. The van der Waals surface area contributed by atoms with Crippen LogP contribution in [0, 0.1) is 0 Å². The number of imidazole rings is 1. The predicted octanol–water partition coefficient (Wildman–Crippen LogP) is 2.55. The molecule has 130 valence electrons. The molecule has 5 nitrogen and oxygen atoms in total. The Balaban J connectivity index is 1.30. The number of carbonyl (C=O) groups excluding carboxylic acids is 1. The molecule has 0 spiro atoms. The van der Waals surface area contributed by atoms with Gasteiger partial charge in [0.2, 0.25) is 5.91 Å². The largest absolute Gasteiger partial charge is 0.331 e. The van der Waals surface area contributed by atoms with Gasteiger partial charge in [0.25, 0.3) is 0 Å². The van der Waals surface area contributed by atoms with Crippen LogP contribution < -0.4 is 4.90 Å². The Hall–Kier alpha value is -2.14. The Kier molecular flexibility index (Phi) is 3.45. The molecule has 2 aliphatic heterocycles. The third-order valence-corrected chi connectivity index (χ3v) is 5.80. The minimum Gasteiger partial charge on any atom is -0.331 e. The maximum absolute atomic E-state index is 13.0. The third-order valence-electron chi connectivity index (χ3n) is 5.80. The van der Waals surface area contributed by atoms with E-state index in [1.54, 1.807) is 0 Å². The van der Waals surface area contributed by atoms with Crippen molar-refractivity contribution in [2.24, 2.45) is 0 Å². The molecule has 0 unspecified atom stereocenters. The van der Waals surface area contributed by atoms with Crippen molar-refractivity contribution in [3.8, 4) is 0 Å². The summed E-state index contributed by atoms with van der Waals surface area (Å²) < 4.78 is 2.37. The molecule has 0 N–H and O–H groups in total. The molecule has 1 atom stereocenters. The van der Waals surface area contributed by atoms with Crippen LogP contribution in [0.1, 0.15) is 42.8 Å². The van der Waals surface area contributed by atoms with Crippen molar-refractivity contribution >= 4 is 11.6 Å². The minimum atomic E-state index is 0.211. The van der Waals surface area contributed by atoms with E-state index in [0.717, 1.165) is 31.6 Å². The molecular weight excluding hydrogens is 312 g/mol. The molecule has 3 heterocycles. The summed E-state index contributed by atoms with van der Waals surface area (Å²) in [6.07, 6.45) is 6.55. The monoisotopic (exact) mass is 336 g/mol. The quantitative estimate of drug-likeness (QED) is 0.865. The molecule has 1 amide bonds. The standard InChI is InChI=1S/C20H24N4O/c1-14-10-15-4-2-3-5-18(15)24(14)20(25)12-22-9-8-19-17(11-22)21-13-23(19)16-6-7-16/h2-5,13-14,16H,6-12H2,1H3/t14-/m1/s1. The number of carbonyl (C=O) groups is 1. The van der Waals surface area contributed by atoms with Gasteiger partial charge >= 0.3 is 0 Å². The van der Waals surface area contributed by atoms with E-state index >= 15 is 0 Å². The molecule has 1 aromatic carbocycles. The van der Waals surface area contributed by atoms with Crippen LogP contribution in [0.2, 0.25) is 0 Å². The third kappa shape index (κ3) is 2.58. The lowest BCUT2D eigenvalue weighted by Gasteiger charge is -2.30. The highest BCUT2D eigenvalue weighted by Gasteiger charge is 2.33. The Morgan fingerprint density at radius 2 is 2.12 bits per heavy atom. The van der Waals surface area contributed by atoms with Crippen molar-refractivity contribution in [1.29, 1.82) is 0 Å². The summed E-state index contributed by atoms with van der Waals surface area (Å²) in [5.74, 6) is 0.211. The van der Waals surface area contributed by atoms with Crippen molar-refractivity contribution in [2.75, 3.05) is 18.0 Å². The van der Waals surface area contributed by atoms with Crippen molar-refractivity contribution in [2.45, 2.75) is 51.2 Å². The number of hydrogen-bond acceptors (Lipinski definition) is 3. The number of rotatable bonds is 3. The molecule has 1 aromatic heterocycles. The average molecular weight is 336 g/mol. The summed E-state index contributed by atoms with van der Waals surface area (Å²) in [6, 6.07) is 9.22. The highest BCUT2D eigenvalue weighted by Crippen LogP contribution is 2.37. The number of para-hydroxylation sites is 1. The van der Waals surface area contributed by atoms with E-state index in [-0.39, 0.29) is 11.9 Å². The fourth-order valence-electron chi connectivity index (χ4n) is 4.40. The summed E-state index contributed by atoms with van der Waals surface area (Å²) in [6.45, 7) is 4.36. The number of benzene rings is 1. The lowest BCUT2D eigenvalue weighted by molar-refractivity contribution is -0.120. The van der Waals surface area contributed by atoms with Crippen LogP contribution in [0.3, 0.4) is 0 Å². The second-order valence-corrected chi connectivity index (χ2v) is 7.68. The summed E-state index contributed by atoms with van der Waals surface area (Å²) in [4.78, 5) is 21.8. The molecule has 0 saturated heterocycles. The van der Waals surface area contributed by atoms with Crippen LogP contribution in [-0.4, -0.2) is 39.5 Å². The Bertz CT molecular complexity index is 823. The molecule has 2 aromatic rings. The summed E-state index contributed by atoms with van der Waals surface area (Å²) in [5.41, 5.74) is 4.94. The van der Waals surface area contributed by atoms with Crippen LogP contribution in [0.15, 0.2) is 30.6 Å². The number of aromatic nitrogens is 2. The van der Waals surface area contributed by atoms with Crippen molar-refractivity contribution in [1.82, 2.24) is 14.5 Å². The summed E-state index contributed by atoms with van der Waals surface area (Å²) in [7, 11) is 0. The van der Waals surface area contributed by atoms with Crippen LogP contribution >= 0.6 is 0 Å². The SMILES string of the molecule is C[C@@H]1Cc2ccccc2N1C(=O)CN1CCc2c(ncn2C2CC2)C1. The van der Waals surface area contributed by atoms with Crippen LogP contribution in [0.4, 0.5) is 5.69 Å². The molecule has 0 radical (unpaired) electrons. The van der Waals surface area contributed by atoms with Crippen molar-refractivity contribution < 1.29 is 4.79 Å². The van der Waals surface area contributed by atoms with Gasteiger partial charge in [0.05, 0.1) is 18.6 Å². The zero-order valence-electron chi connectivity index (χ0n) is 14.7. The van der Waals surface area contributed by atoms with Gasteiger partial charge < -0.3 is 9.47 Å². The van der Waals surface area contributed by atoms with Gasteiger partial charge in [-0.05, 0) is 37.8 Å². The maximum Gasteiger partial charge on any atom is 0.241 e. The van der Waals surface area contributed by atoms with Gasteiger partial charge in [-0.25, -0.2) is 4.98 Å².